The van der Waals surface area contributed by atoms with Crippen LogP contribution in [-0.4, -0.2) is 36.2 Å². The summed E-state index contributed by atoms with van der Waals surface area (Å²) in [7, 11) is 0. The van der Waals surface area contributed by atoms with Gasteiger partial charge in [0.15, 0.2) is 6.10 Å². The highest BCUT2D eigenvalue weighted by Crippen LogP contribution is 2.31. The number of ether oxygens (including phenoxy) is 1. The smallest absolute Gasteiger partial charge is 0.338 e. The minimum atomic E-state index is -0.866. The normalized spacial score (nSPS) is 15.1. The van der Waals surface area contributed by atoms with Gasteiger partial charge in [-0.3, -0.25) is 9.59 Å². The van der Waals surface area contributed by atoms with Gasteiger partial charge in [-0.05, 0) is 32.0 Å². The summed E-state index contributed by atoms with van der Waals surface area (Å²) in [6.07, 6.45) is -0.428. The molecule has 2 N–H and O–H groups in total. The van der Waals surface area contributed by atoms with Gasteiger partial charge in [0, 0.05) is 23.6 Å². The summed E-state index contributed by atoms with van der Waals surface area (Å²) >= 11 is 1.56. The number of hydrogen-bond donors (Lipinski definition) is 2. The van der Waals surface area contributed by atoms with Crippen LogP contribution in [0.15, 0.2) is 23.1 Å². The Balaban J connectivity index is 2.11. The molecule has 0 radical (unpaired) electrons. The third kappa shape index (κ3) is 4.00. The maximum Gasteiger partial charge on any atom is 0.338 e. The van der Waals surface area contributed by atoms with Gasteiger partial charge < -0.3 is 15.4 Å². The lowest BCUT2D eigenvalue weighted by molar-refractivity contribution is -0.129. The van der Waals surface area contributed by atoms with Crippen LogP contribution in [-0.2, 0) is 14.3 Å². The fourth-order valence-electron chi connectivity index (χ4n) is 1.95. The average molecular weight is 322 g/mol. The number of carbonyl (C=O) groups is 3. The van der Waals surface area contributed by atoms with Gasteiger partial charge in [0.2, 0.25) is 5.91 Å². The molecule has 0 spiro atoms. The third-order valence-electron chi connectivity index (χ3n) is 3.08. The minimum Gasteiger partial charge on any atom is -0.449 e. The number of hydrogen-bond acceptors (Lipinski definition) is 5. The monoisotopic (exact) mass is 322 g/mol. The van der Waals surface area contributed by atoms with Gasteiger partial charge in [-0.15, -0.1) is 11.8 Å². The van der Waals surface area contributed by atoms with Gasteiger partial charge >= 0.3 is 5.97 Å². The fourth-order valence-corrected chi connectivity index (χ4v) is 2.88. The number of esters is 1. The van der Waals surface area contributed by atoms with Crippen molar-refractivity contribution in [1.82, 2.24) is 5.32 Å². The SMILES string of the molecule is CCNC(=O)[C@H](C)OC(=O)c1ccc2c(c1)NC(=O)CCS2. The van der Waals surface area contributed by atoms with Crippen LogP contribution < -0.4 is 10.6 Å². The van der Waals surface area contributed by atoms with Crippen molar-refractivity contribution in [3.05, 3.63) is 23.8 Å². The summed E-state index contributed by atoms with van der Waals surface area (Å²) in [6, 6.07) is 4.99. The van der Waals surface area contributed by atoms with E-state index in [0.717, 1.165) is 4.90 Å². The van der Waals surface area contributed by atoms with Crippen LogP contribution in [0, 0.1) is 0 Å². The van der Waals surface area contributed by atoms with E-state index in [2.05, 4.69) is 10.6 Å². The van der Waals surface area contributed by atoms with Crippen molar-refractivity contribution in [3.8, 4) is 0 Å². The summed E-state index contributed by atoms with van der Waals surface area (Å²) in [5.41, 5.74) is 0.908. The number of thioether (sulfide) groups is 1. The zero-order valence-corrected chi connectivity index (χ0v) is 13.3. The number of likely N-dealkylation sites (N-methyl/N-ethyl adjacent to an activating group) is 1. The molecule has 0 aliphatic carbocycles. The molecule has 118 valence electrons. The van der Waals surface area contributed by atoms with E-state index in [0.29, 0.717) is 30.0 Å². The lowest BCUT2D eigenvalue weighted by Crippen LogP contribution is -2.35. The highest BCUT2D eigenvalue weighted by molar-refractivity contribution is 7.99. The molecule has 0 saturated heterocycles. The van der Waals surface area contributed by atoms with E-state index in [1.165, 1.54) is 6.92 Å². The van der Waals surface area contributed by atoms with Crippen molar-refractivity contribution in [2.75, 3.05) is 17.6 Å². The zero-order valence-electron chi connectivity index (χ0n) is 12.5. The lowest BCUT2D eigenvalue weighted by Gasteiger charge is -2.13. The standard InChI is InChI=1S/C15H18N2O4S/c1-3-16-14(19)9(2)21-15(20)10-4-5-12-11(8-10)17-13(18)6-7-22-12/h4-5,8-9H,3,6-7H2,1-2H3,(H,16,19)(H,17,18)/t9-/m0/s1. The summed E-state index contributed by atoms with van der Waals surface area (Å²) in [5.74, 6) is -0.302. The maximum atomic E-state index is 12.1. The van der Waals surface area contributed by atoms with Crippen molar-refractivity contribution in [2.24, 2.45) is 0 Å². The molecule has 1 atom stereocenters. The molecule has 7 heteroatoms. The molecule has 0 fully saturated rings. The first-order valence-corrected chi connectivity index (χ1v) is 8.05. The van der Waals surface area contributed by atoms with Gasteiger partial charge in [0.25, 0.3) is 5.91 Å². The predicted molar refractivity (Wildman–Crippen MR) is 84.0 cm³/mol. The second-order valence-corrected chi connectivity index (χ2v) is 5.94. The van der Waals surface area contributed by atoms with E-state index in [4.69, 9.17) is 4.74 Å². The molecule has 2 amide bonds. The van der Waals surface area contributed by atoms with Crippen LogP contribution in [0.4, 0.5) is 5.69 Å². The molecular weight excluding hydrogens is 304 g/mol. The number of benzene rings is 1. The van der Waals surface area contributed by atoms with Crippen LogP contribution >= 0.6 is 11.8 Å². The van der Waals surface area contributed by atoms with Crippen molar-refractivity contribution in [1.29, 1.82) is 0 Å². The third-order valence-corrected chi connectivity index (χ3v) is 4.16. The van der Waals surface area contributed by atoms with Crippen LogP contribution in [0.3, 0.4) is 0 Å². The van der Waals surface area contributed by atoms with Gasteiger partial charge in [-0.1, -0.05) is 0 Å². The molecule has 6 nitrogen and oxygen atoms in total. The van der Waals surface area contributed by atoms with Gasteiger partial charge in [0.05, 0.1) is 11.3 Å². The van der Waals surface area contributed by atoms with Crippen LogP contribution in [0.5, 0.6) is 0 Å². The molecule has 1 aliphatic rings. The number of rotatable bonds is 4. The first kappa shape index (κ1) is 16.4. The molecule has 0 unspecified atom stereocenters. The zero-order chi connectivity index (χ0) is 16.1. The Bertz CT molecular complexity index is 603. The van der Waals surface area contributed by atoms with E-state index in [9.17, 15) is 14.4 Å². The Labute approximate surface area is 133 Å². The topological polar surface area (TPSA) is 84.5 Å². The number of anilines is 1. The molecule has 0 bridgehead atoms. The molecule has 1 aliphatic heterocycles. The lowest BCUT2D eigenvalue weighted by atomic mass is 10.2. The largest absolute Gasteiger partial charge is 0.449 e. The molecule has 2 rings (SSSR count). The Morgan fingerprint density at radius 1 is 1.45 bits per heavy atom. The van der Waals surface area contributed by atoms with Crippen molar-refractivity contribution >= 4 is 35.2 Å². The predicted octanol–water partition coefficient (Wildman–Crippen LogP) is 1.80. The Kier molecular flexibility index (Phi) is 5.43. The fraction of sp³-hybridized carbons (Fsp3) is 0.400. The Hall–Kier alpha value is -2.02. The first-order valence-electron chi connectivity index (χ1n) is 7.06. The number of fused-ring (bicyclic) bond motifs is 1. The molecule has 22 heavy (non-hydrogen) atoms. The van der Waals surface area contributed by atoms with Crippen molar-refractivity contribution in [2.45, 2.75) is 31.3 Å². The maximum absolute atomic E-state index is 12.1. The van der Waals surface area contributed by atoms with E-state index in [1.807, 2.05) is 0 Å². The highest BCUT2D eigenvalue weighted by atomic mass is 32.2. The van der Waals surface area contributed by atoms with Crippen LogP contribution in [0.2, 0.25) is 0 Å². The highest BCUT2D eigenvalue weighted by Gasteiger charge is 2.20. The average Bonchev–Trinajstić information content (AvgIpc) is 2.66. The second-order valence-electron chi connectivity index (χ2n) is 4.80. The minimum absolute atomic E-state index is 0.0764. The summed E-state index contributed by atoms with van der Waals surface area (Å²) in [5, 5.41) is 5.36. The number of amides is 2. The van der Waals surface area contributed by atoms with Gasteiger partial charge in [-0.25, -0.2) is 4.79 Å². The molecule has 0 aromatic heterocycles. The molecule has 1 heterocycles. The Morgan fingerprint density at radius 2 is 2.23 bits per heavy atom. The van der Waals surface area contributed by atoms with E-state index >= 15 is 0 Å². The molecular formula is C15H18N2O4S. The van der Waals surface area contributed by atoms with Gasteiger partial charge in [0.1, 0.15) is 0 Å². The number of carbonyl (C=O) groups excluding carboxylic acids is 3. The van der Waals surface area contributed by atoms with Crippen molar-refractivity contribution < 1.29 is 19.1 Å². The second kappa shape index (κ2) is 7.31. The molecule has 0 saturated carbocycles. The van der Waals surface area contributed by atoms with E-state index in [1.54, 1.807) is 36.9 Å². The van der Waals surface area contributed by atoms with Crippen LogP contribution in [0.1, 0.15) is 30.6 Å². The van der Waals surface area contributed by atoms with Crippen LogP contribution in [0.25, 0.3) is 0 Å². The Morgan fingerprint density at radius 3 is 2.95 bits per heavy atom. The van der Waals surface area contributed by atoms with Crippen molar-refractivity contribution in [3.63, 3.8) is 0 Å². The van der Waals surface area contributed by atoms with E-state index in [-0.39, 0.29) is 11.8 Å². The first-order chi connectivity index (χ1) is 10.5. The van der Waals surface area contributed by atoms with Gasteiger partial charge in [-0.2, -0.15) is 0 Å². The summed E-state index contributed by atoms with van der Waals surface area (Å²) in [4.78, 5) is 36.2. The molecule has 1 aromatic rings. The number of nitrogens with one attached hydrogen (secondary N) is 2. The quantitative estimate of drug-likeness (QED) is 0.826. The summed E-state index contributed by atoms with van der Waals surface area (Å²) < 4.78 is 5.13. The summed E-state index contributed by atoms with van der Waals surface area (Å²) in [6.45, 7) is 3.78. The van der Waals surface area contributed by atoms with E-state index < -0.39 is 12.1 Å². The molecule has 1 aromatic carbocycles.